The quantitative estimate of drug-likeness (QED) is 0.735. The fourth-order valence-electron chi connectivity index (χ4n) is 2.84. The Balaban J connectivity index is 2.30. The van der Waals surface area contributed by atoms with Crippen molar-refractivity contribution in [2.75, 3.05) is 12.3 Å². The highest BCUT2D eigenvalue weighted by molar-refractivity contribution is 7.89. The first-order valence-electron chi connectivity index (χ1n) is 6.90. The molecule has 0 saturated heterocycles. The van der Waals surface area contributed by atoms with Gasteiger partial charge in [-0.1, -0.05) is 19.3 Å². The molecule has 1 fully saturated rings. The number of aryl methyl sites for hydroxylation is 1. The molecule has 0 radical (unpaired) electrons. The van der Waals surface area contributed by atoms with Gasteiger partial charge in [0.25, 0.3) is 0 Å². The van der Waals surface area contributed by atoms with Crippen LogP contribution in [0.1, 0.15) is 37.7 Å². The first-order valence-corrected chi connectivity index (χ1v) is 8.38. The average molecular weight is 298 g/mol. The number of nitrogens with two attached hydrogens (primary N) is 1. The summed E-state index contributed by atoms with van der Waals surface area (Å²) in [4.78, 5) is 0.227. The molecular weight excluding hydrogens is 276 g/mol. The van der Waals surface area contributed by atoms with Gasteiger partial charge >= 0.3 is 0 Å². The van der Waals surface area contributed by atoms with Crippen LogP contribution in [0.25, 0.3) is 0 Å². The Morgan fingerprint density at radius 1 is 1.30 bits per heavy atom. The van der Waals surface area contributed by atoms with E-state index in [-0.39, 0.29) is 11.5 Å². The molecule has 1 aliphatic carbocycles. The molecule has 4 N–H and O–H groups in total. The van der Waals surface area contributed by atoms with Crippen molar-refractivity contribution < 1.29 is 13.5 Å². The number of sulfonamides is 1. The van der Waals surface area contributed by atoms with Gasteiger partial charge in [-0.25, -0.2) is 13.1 Å². The summed E-state index contributed by atoms with van der Waals surface area (Å²) in [6.45, 7) is 1.55. The van der Waals surface area contributed by atoms with Crippen molar-refractivity contribution in [2.45, 2.75) is 49.5 Å². The minimum atomic E-state index is -3.64. The highest BCUT2D eigenvalue weighted by Crippen LogP contribution is 2.30. The van der Waals surface area contributed by atoms with Crippen molar-refractivity contribution >= 4 is 15.7 Å². The lowest BCUT2D eigenvalue weighted by Crippen LogP contribution is -2.52. The maximum absolute atomic E-state index is 12.5. The summed E-state index contributed by atoms with van der Waals surface area (Å²) in [5.74, 6) is 0. The molecule has 1 aromatic carbocycles. The Kier molecular flexibility index (Phi) is 4.36. The maximum atomic E-state index is 12.5. The Bertz CT molecular complexity index is 578. The number of nitrogens with one attached hydrogen (secondary N) is 1. The lowest BCUT2D eigenvalue weighted by atomic mass is 9.83. The molecular formula is C14H22N2O3S. The third kappa shape index (κ3) is 3.13. The molecule has 0 atom stereocenters. The lowest BCUT2D eigenvalue weighted by Gasteiger charge is -2.36. The summed E-state index contributed by atoms with van der Waals surface area (Å²) in [5, 5.41) is 9.62. The van der Waals surface area contributed by atoms with Crippen LogP contribution in [0, 0.1) is 6.92 Å². The minimum Gasteiger partial charge on any atom is -0.399 e. The van der Waals surface area contributed by atoms with Crippen molar-refractivity contribution in [2.24, 2.45) is 0 Å². The molecule has 6 heteroatoms. The lowest BCUT2D eigenvalue weighted by molar-refractivity contribution is 0.142. The van der Waals surface area contributed by atoms with Crippen molar-refractivity contribution in [1.82, 2.24) is 4.72 Å². The van der Waals surface area contributed by atoms with Crippen LogP contribution < -0.4 is 10.5 Å². The van der Waals surface area contributed by atoms with Gasteiger partial charge in [-0.3, -0.25) is 0 Å². The van der Waals surface area contributed by atoms with Gasteiger partial charge in [0.15, 0.2) is 0 Å². The standard InChI is InChI=1S/C14H22N2O3S/c1-11-9-12(15)5-6-13(11)20(18,19)16-14(10-17)7-3-2-4-8-14/h5-6,9,16-17H,2-4,7-8,10,15H2,1H3. The molecule has 20 heavy (non-hydrogen) atoms. The highest BCUT2D eigenvalue weighted by atomic mass is 32.2. The van der Waals surface area contributed by atoms with Crippen LogP contribution >= 0.6 is 0 Å². The normalized spacial score (nSPS) is 18.9. The summed E-state index contributed by atoms with van der Waals surface area (Å²) in [6.07, 6.45) is 4.31. The molecule has 0 spiro atoms. The van der Waals surface area contributed by atoms with E-state index in [9.17, 15) is 13.5 Å². The van der Waals surface area contributed by atoms with Crippen molar-refractivity contribution in [1.29, 1.82) is 0 Å². The van der Waals surface area contributed by atoms with Gasteiger partial charge < -0.3 is 10.8 Å². The summed E-state index contributed by atoms with van der Waals surface area (Å²) < 4.78 is 27.8. The zero-order chi connectivity index (χ0) is 14.8. The van der Waals surface area contributed by atoms with Crippen LogP contribution in [-0.4, -0.2) is 25.7 Å². The fourth-order valence-corrected chi connectivity index (χ4v) is 4.51. The molecule has 2 rings (SSSR count). The van der Waals surface area contributed by atoms with Gasteiger partial charge in [0, 0.05) is 5.69 Å². The predicted octanol–water partition coefficient (Wildman–Crippen LogP) is 1.55. The first kappa shape index (κ1) is 15.3. The number of aliphatic hydroxyl groups excluding tert-OH is 1. The second-order valence-electron chi connectivity index (χ2n) is 5.63. The third-order valence-corrected chi connectivity index (χ3v) is 5.69. The van der Waals surface area contributed by atoms with Gasteiger partial charge in [0.1, 0.15) is 0 Å². The summed E-state index contributed by atoms with van der Waals surface area (Å²) in [6, 6.07) is 4.73. The molecule has 0 unspecified atom stereocenters. The van der Waals surface area contributed by atoms with Crippen LogP contribution in [0.15, 0.2) is 23.1 Å². The Morgan fingerprint density at radius 2 is 1.95 bits per heavy atom. The molecule has 0 heterocycles. The molecule has 5 nitrogen and oxygen atoms in total. The van der Waals surface area contributed by atoms with Crippen LogP contribution in [0.3, 0.4) is 0 Å². The number of anilines is 1. The topological polar surface area (TPSA) is 92.4 Å². The van der Waals surface area contributed by atoms with E-state index >= 15 is 0 Å². The monoisotopic (exact) mass is 298 g/mol. The van der Waals surface area contributed by atoms with Gasteiger partial charge in [0.2, 0.25) is 10.0 Å². The molecule has 0 aromatic heterocycles. The van der Waals surface area contributed by atoms with Gasteiger partial charge in [-0.15, -0.1) is 0 Å². The number of hydrogen-bond acceptors (Lipinski definition) is 4. The number of benzene rings is 1. The van der Waals surface area contributed by atoms with E-state index in [4.69, 9.17) is 5.73 Å². The fraction of sp³-hybridized carbons (Fsp3) is 0.571. The second-order valence-corrected chi connectivity index (χ2v) is 7.28. The largest absolute Gasteiger partial charge is 0.399 e. The SMILES string of the molecule is Cc1cc(N)ccc1S(=O)(=O)NC1(CO)CCCCC1. The highest BCUT2D eigenvalue weighted by Gasteiger charge is 2.36. The van der Waals surface area contributed by atoms with Gasteiger partial charge in [-0.05, 0) is 43.5 Å². The molecule has 1 aromatic rings. The molecule has 0 bridgehead atoms. The van der Waals surface area contributed by atoms with Crippen molar-refractivity contribution in [3.8, 4) is 0 Å². The Morgan fingerprint density at radius 3 is 2.50 bits per heavy atom. The van der Waals surface area contributed by atoms with Crippen LogP contribution in [0.4, 0.5) is 5.69 Å². The number of aliphatic hydroxyl groups is 1. The maximum Gasteiger partial charge on any atom is 0.241 e. The smallest absolute Gasteiger partial charge is 0.241 e. The van der Waals surface area contributed by atoms with E-state index < -0.39 is 15.6 Å². The molecule has 1 saturated carbocycles. The van der Waals surface area contributed by atoms with E-state index in [0.29, 0.717) is 24.1 Å². The number of rotatable bonds is 4. The Hall–Kier alpha value is -1.11. The number of hydrogen-bond donors (Lipinski definition) is 3. The van der Waals surface area contributed by atoms with E-state index in [1.54, 1.807) is 19.1 Å². The van der Waals surface area contributed by atoms with Crippen molar-refractivity contribution in [3.05, 3.63) is 23.8 Å². The zero-order valence-electron chi connectivity index (χ0n) is 11.7. The predicted molar refractivity (Wildman–Crippen MR) is 78.8 cm³/mol. The van der Waals surface area contributed by atoms with Gasteiger partial charge in [-0.2, -0.15) is 0 Å². The summed E-state index contributed by atoms with van der Waals surface area (Å²) in [7, 11) is -3.64. The first-order chi connectivity index (χ1) is 9.38. The van der Waals surface area contributed by atoms with Gasteiger partial charge in [0.05, 0.1) is 17.0 Å². The van der Waals surface area contributed by atoms with Crippen LogP contribution in [0.2, 0.25) is 0 Å². The van der Waals surface area contributed by atoms with Crippen LogP contribution in [-0.2, 0) is 10.0 Å². The third-order valence-electron chi connectivity index (χ3n) is 3.95. The molecule has 0 aliphatic heterocycles. The minimum absolute atomic E-state index is 0.166. The number of nitrogen functional groups attached to an aromatic ring is 1. The Labute approximate surface area is 120 Å². The van der Waals surface area contributed by atoms with E-state index in [2.05, 4.69) is 4.72 Å². The molecule has 1 aliphatic rings. The second kappa shape index (κ2) is 5.71. The van der Waals surface area contributed by atoms with E-state index in [1.165, 1.54) is 6.07 Å². The molecule has 112 valence electrons. The summed E-state index contributed by atoms with van der Waals surface area (Å²) >= 11 is 0. The summed E-state index contributed by atoms with van der Waals surface area (Å²) in [5.41, 5.74) is 6.08. The molecule has 0 amide bonds. The van der Waals surface area contributed by atoms with Crippen molar-refractivity contribution in [3.63, 3.8) is 0 Å². The van der Waals surface area contributed by atoms with E-state index in [0.717, 1.165) is 19.3 Å². The van der Waals surface area contributed by atoms with Crippen LogP contribution in [0.5, 0.6) is 0 Å². The average Bonchev–Trinajstić information content (AvgIpc) is 2.38. The van der Waals surface area contributed by atoms with E-state index in [1.807, 2.05) is 0 Å². The zero-order valence-corrected chi connectivity index (χ0v) is 12.5.